The van der Waals surface area contributed by atoms with Crippen molar-refractivity contribution < 1.29 is 8.78 Å². The molecular weight excluding hydrogens is 244 g/mol. The van der Waals surface area contributed by atoms with Crippen LogP contribution in [0.15, 0.2) is 18.2 Å². The topological polar surface area (TPSA) is 12.0 Å². The highest BCUT2D eigenvalue weighted by atomic mass is 35.5. The molecule has 1 aliphatic rings. The van der Waals surface area contributed by atoms with E-state index in [2.05, 4.69) is 5.32 Å². The Bertz CT molecular complexity index is 378. The number of hydrogen-bond donors (Lipinski definition) is 1. The molecule has 1 aliphatic heterocycles. The van der Waals surface area contributed by atoms with Crippen LogP contribution in [0.1, 0.15) is 18.4 Å². The molecule has 1 aromatic rings. The molecule has 1 saturated heterocycles. The number of alkyl halides is 1. The quantitative estimate of drug-likeness (QED) is 0.878. The van der Waals surface area contributed by atoms with E-state index in [1.54, 1.807) is 12.1 Å². The molecule has 94 valence electrons. The highest BCUT2D eigenvalue weighted by Crippen LogP contribution is 2.24. The summed E-state index contributed by atoms with van der Waals surface area (Å²) in [5.74, 6) is -0.361. The maximum atomic E-state index is 14.0. The Balaban J connectivity index is 1.99. The summed E-state index contributed by atoms with van der Waals surface area (Å²) in [7, 11) is 0. The van der Waals surface area contributed by atoms with Crippen molar-refractivity contribution in [2.45, 2.75) is 25.4 Å². The van der Waals surface area contributed by atoms with Gasteiger partial charge in [0.05, 0.1) is 0 Å². The molecule has 0 amide bonds. The third-order valence-electron chi connectivity index (χ3n) is 3.33. The maximum absolute atomic E-state index is 14.0. The molecule has 1 atom stereocenters. The zero-order valence-electron chi connectivity index (χ0n) is 9.56. The lowest BCUT2D eigenvalue weighted by molar-refractivity contribution is 0.186. The molecule has 0 aromatic heterocycles. The van der Waals surface area contributed by atoms with E-state index in [0.717, 1.165) is 25.9 Å². The molecule has 0 radical (unpaired) electrons. The largest absolute Gasteiger partial charge is 0.317 e. The first-order chi connectivity index (χ1) is 8.16. The van der Waals surface area contributed by atoms with Gasteiger partial charge in [0.15, 0.2) is 0 Å². The molecule has 1 aromatic carbocycles. The summed E-state index contributed by atoms with van der Waals surface area (Å²) in [6, 6.07) is 4.42. The summed E-state index contributed by atoms with van der Waals surface area (Å²) in [5.41, 5.74) is 0.417. The lowest BCUT2D eigenvalue weighted by Gasteiger charge is -2.25. The van der Waals surface area contributed by atoms with Crippen molar-refractivity contribution >= 4 is 11.6 Å². The predicted molar refractivity (Wildman–Crippen MR) is 65.6 cm³/mol. The van der Waals surface area contributed by atoms with Gasteiger partial charge in [-0.2, -0.15) is 0 Å². The van der Waals surface area contributed by atoms with E-state index in [9.17, 15) is 8.78 Å². The minimum atomic E-state index is -0.965. The fourth-order valence-electron chi connectivity index (χ4n) is 2.27. The Kier molecular flexibility index (Phi) is 4.35. The second-order valence-electron chi connectivity index (χ2n) is 4.54. The molecular formula is C13H16ClF2N. The van der Waals surface area contributed by atoms with Gasteiger partial charge in [-0.05, 0) is 49.5 Å². The van der Waals surface area contributed by atoms with Gasteiger partial charge in [0, 0.05) is 11.4 Å². The van der Waals surface area contributed by atoms with Crippen LogP contribution < -0.4 is 5.32 Å². The highest BCUT2D eigenvalue weighted by molar-refractivity contribution is 6.30. The van der Waals surface area contributed by atoms with Crippen LogP contribution in [0.2, 0.25) is 5.02 Å². The van der Waals surface area contributed by atoms with Gasteiger partial charge < -0.3 is 5.32 Å². The number of halogens is 3. The molecule has 4 heteroatoms. The third-order valence-corrected chi connectivity index (χ3v) is 3.56. The zero-order chi connectivity index (χ0) is 12.3. The van der Waals surface area contributed by atoms with E-state index in [4.69, 9.17) is 11.6 Å². The van der Waals surface area contributed by atoms with Crippen LogP contribution in [-0.2, 0) is 6.42 Å². The molecule has 2 rings (SSSR count). The van der Waals surface area contributed by atoms with Gasteiger partial charge in [0.2, 0.25) is 0 Å². The Morgan fingerprint density at radius 2 is 2.06 bits per heavy atom. The minimum absolute atomic E-state index is 0.0475. The van der Waals surface area contributed by atoms with Gasteiger partial charge in [-0.25, -0.2) is 8.78 Å². The maximum Gasteiger partial charge on any atom is 0.127 e. The highest BCUT2D eigenvalue weighted by Gasteiger charge is 2.24. The molecule has 0 aliphatic carbocycles. The van der Waals surface area contributed by atoms with E-state index < -0.39 is 12.0 Å². The van der Waals surface area contributed by atoms with Gasteiger partial charge in [-0.15, -0.1) is 0 Å². The smallest absolute Gasteiger partial charge is 0.127 e. The van der Waals surface area contributed by atoms with Crippen molar-refractivity contribution in [2.75, 3.05) is 13.1 Å². The van der Waals surface area contributed by atoms with E-state index in [-0.39, 0.29) is 12.3 Å². The van der Waals surface area contributed by atoms with Crippen LogP contribution in [0, 0.1) is 11.7 Å². The van der Waals surface area contributed by atoms with Crippen molar-refractivity contribution in [2.24, 2.45) is 5.92 Å². The number of nitrogens with one attached hydrogen (secondary N) is 1. The van der Waals surface area contributed by atoms with Crippen molar-refractivity contribution in [1.29, 1.82) is 0 Å². The Morgan fingerprint density at radius 3 is 2.71 bits per heavy atom. The summed E-state index contributed by atoms with van der Waals surface area (Å²) >= 11 is 5.66. The van der Waals surface area contributed by atoms with Crippen molar-refractivity contribution in [3.8, 4) is 0 Å². The van der Waals surface area contributed by atoms with Gasteiger partial charge >= 0.3 is 0 Å². The van der Waals surface area contributed by atoms with Crippen LogP contribution in [0.4, 0.5) is 8.78 Å². The van der Waals surface area contributed by atoms with Crippen LogP contribution in [0.3, 0.4) is 0 Å². The van der Waals surface area contributed by atoms with Crippen LogP contribution in [0.25, 0.3) is 0 Å². The Hall–Kier alpha value is -0.670. The first-order valence-corrected chi connectivity index (χ1v) is 6.33. The lowest BCUT2D eigenvalue weighted by atomic mass is 9.89. The summed E-state index contributed by atoms with van der Waals surface area (Å²) in [6.07, 6.45) is 0.841. The third kappa shape index (κ3) is 3.39. The SMILES string of the molecule is Fc1cc(Cl)ccc1CC(F)C1CCNCC1. The summed E-state index contributed by atoms with van der Waals surface area (Å²) in [4.78, 5) is 0. The van der Waals surface area contributed by atoms with Gasteiger partial charge in [-0.1, -0.05) is 17.7 Å². The van der Waals surface area contributed by atoms with Crippen molar-refractivity contribution in [3.05, 3.63) is 34.6 Å². The summed E-state index contributed by atoms with van der Waals surface area (Å²) in [5, 5.41) is 3.54. The fourth-order valence-corrected chi connectivity index (χ4v) is 2.43. The van der Waals surface area contributed by atoms with Gasteiger partial charge in [0.1, 0.15) is 12.0 Å². The average molecular weight is 260 g/mol. The minimum Gasteiger partial charge on any atom is -0.317 e. The Labute approximate surface area is 105 Å². The molecule has 1 unspecified atom stereocenters. The van der Waals surface area contributed by atoms with E-state index in [1.165, 1.54) is 6.07 Å². The van der Waals surface area contributed by atoms with Crippen LogP contribution >= 0.6 is 11.6 Å². The first kappa shape index (κ1) is 12.8. The number of piperidine rings is 1. The second-order valence-corrected chi connectivity index (χ2v) is 4.98. The molecule has 1 N–H and O–H groups in total. The normalized spacial score (nSPS) is 19.2. The molecule has 0 bridgehead atoms. The summed E-state index contributed by atoms with van der Waals surface area (Å²) < 4.78 is 27.5. The molecule has 1 fully saturated rings. The van der Waals surface area contributed by atoms with Gasteiger partial charge in [-0.3, -0.25) is 0 Å². The zero-order valence-corrected chi connectivity index (χ0v) is 10.3. The Morgan fingerprint density at radius 1 is 1.35 bits per heavy atom. The van der Waals surface area contributed by atoms with Crippen LogP contribution in [-0.4, -0.2) is 19.3 Å². The second kappa shape index (κ2) is 5.78. The number of rotatable bonds is 3. The molecule has 0 saturated carbocycles. The molecule has 17 heavy (non-hydrogen) atoms. The van der Waals surface area contributed by atoms with Crippen LogP contribution in [0.5, 0.6) is 0 Å². The molecule has 1 nitrogen and oxygen atoms in total. The predicted octanol–water partition coefficient (Wildman–Crippen LogP) is 3.36. The number of hydrogen-bond acceptors (Lipinski definition) is 1. The average Bonchev–Trinajstić information content (AvgIpc) is 2.34. The van der Waals surface area contributed by atoms with E-state index in [0.29, 0.717) is 10.6 Å². The van der Waals surface area contributed by atoms with E-state index in [1.807, 2.05) is 0 Å². The fraction of sp³-hybridized carbons (Fsp3) is 0.538. The first-order valence-electron chi connectivity index (χ1n) is 5.95. The van der Waals surface area contributed by atoms with Gasteiger partial charge in [0.25, 0.3) is 0 Å². The standard InChI is InChI=1S/C13H16ClF2N/c14-11-2-1-10(13(16)8-11)7-12(15)9-3-5-17-6-4-9/h1-2,8-9,12,17H,3-7H2. The molecule has 0 spiro atoms. The number of benzene rings is 1. The van der Waals surface area contributed by atoms with Crippen molar-refractivity contribution in [1.82, 2.24) is 5.32 Å². The molecule has 1 heterocycles. The van der Waals surface area contributed by atoms with E-state index >= 15 is 0 Å². The van der Waals surface area contributed by atoms with Crippen molar-refractivity contribution in [3.63, 3.8) is 0 Å². The monoisotopic (exact) mass is 259 g/mol. The summed E-state index contributed by atoms with van der Waals surface area (Å²) in [6.45, 7) is 1.71. The lowest BCUT2D eigenvalue weighted by Crippen LogP contribution is -2.33.